The van der Waals surface area contributed by atoms with Gasteiger partial charge in [0.15, 0.2) is 0 Å². The summed E-state index contributed by atoms with van der Waals surface area (Å²) in [6, 6.07) is 12.7. The van der Waals surface area contributed by atoms with Crippen LogP contribution in [0.25, 0.3) is 0 Å². The van der Waals surface area contributed by atoms with Crippen molar-refractivity contribution in [1.82, 2.24) is 5.43 Å². The van der Waals surface area contributed by atoms with Gasteiger partial charge in [-0.3, -0.25) is 11.3 Å². The van der Waals surface area contributed by atoms with Crippen LogP contribution in [-0.4, -0.2) is 0 Å². The van der Waals surface area contributed by atoms with Crippen LogP contribution in [0.1, 0.15) is 22.7 Å². The third-order valence-corrected chi connectivity index (χ3v) is 3.48. The molecule has 0 aliphatic heterocycles. The quantitative estimate of drug-likeness (QED) is 0.666. The lowest BCUT2D eigenvalue weighted by Crippen LogP contribution is -2.29. The minimum atomic E-state index is -0.223. The van der Waals surface area contributed by atoms with Crippen LogP contribution in [0.15, 0.2) is 46.9 Å². The van der Waals surface area contributed by atoms with Crippen molar-refractivity contribution in [3.05, 3.63) is 69.4 Å². The first-order chi connectivity index (χ1) is 9.08. The highest BCUT2D eigenvalue weighted by molar-refractivity contribution is 9.10. The van der Waals surface area contributed by atoms with Gasteiger partial charge in [0.1, 0.15) is 5.82 Å². The number of benzene rings is 2. The van der Waals surface area contributed by atoms with E-state index >= 15 is 0 Å². The molecule has 0 saturated heterocycles. The summed E-state index contributed by atoms with van der Waals surface area (Å²) in [5, 5.41) is 0. The molecular formula is C15H16BrFN2. The van der Waals surface area contributed by atoms with E-state index < -0.39 is 0 Å². The molecule has 2 rings (SSSR count). The van der Waals surface area contributed by atoms with Gasteiger partial charge < -0.3 is 0 Å². The predicted octanol–water partition coefficient (Wildman–Crippen LogP) is 3.64. The van der Waals surface area contributed by atoms with E-state index in [1.165, 1.54) is 17.7 Å². The van der Waals surface area contributed by atoms with Crippen LogP contribution in [0.4, 0.5) is 4.39 Å². The number of hydrogen-bond acceptors (Lipinski definition) is 2. The zero-order valence-corrected chi connectivity index (χ0v) is 12.2. The van der Waals surface area contributed by atoms with Crippen molar-refractivity contribution in [2.24, 2.45) is 5.84 Å². The van der Waals surface area contributed by atoms with Crippen LogP contribution in [0, 0.1) is 12.7 Å². The smallest absolute Gasteiger partial charge is 0.123 e. The highest BCUT2D eigenvalue weighted by atomic mass is 79.9. The maximum absolute atomic E-state index is 12.9. The molecule has 0 aromatic heterocycles. The van der Waals surface area contributed by atoms with Crippen LogP contribution in [0.2, 0.25) is 0 Å². The van der Waals surface area contributed by atoms with E-state index in [-0.39, 0.29) is 11.9 Å². The second-order valence-corrected chi connectivity index (χ2v) is 5.53. The molecule has 0 saturated carbocycles. The van der Waals surface area contributed by atoms with Crippen molar-refractivity contribution in [2.45, 2.75) is 19.4 Å². The van der Waals surface area contributed by atoms with Crippen molar-refractivity contribution in [1.29, 1.82) is 0 Å². The van der Waals surface area contributed by atoms with Crippen molar-refractivity contribution < 1.29 is 4.39 Å². The molecule has 2 aromatic carbocycles. The first kappa shape index (κ1) is 14.2. The minimum Gasteiger partial charge on any atom is -0.271 e. The lowest BCUT2D eigenvalue weighted by Gasteiger charge is -2.17. The number of aryl methyl sites for hydroxylation is 1. The van der Waals surface area contributed by atoms with Gasteiger partial charge >= 0.3 is 0 Å². The zero-order chi connectivity index (χ0) is 13.8. The average molecular weight is 323 g/mol. The SMILES string of the molecule is Cc1cc(Br)cc(C(Cc2ccc(F)cc2)NN)c1. The summed E-state index contributed by atoms with van der Waals surface area (Å²) in [7, 11) is 0. The van der Waals surface area contributed by atoms with Gasteiger partial charge in [0.2, 0.25) is 0 Å². The Hall–Kier alpha value is -1.23. The van der Waals surface area contributed by atoms with Gasteiger partial charge in [-0.2, -0.15) is 0 Å². The topological polar surface area (TPSA) is 38.0 Å². The number of nitrogens with one attached hydrogen (secondary N) is 1. The van der Waals surface area contributed by atoms with E-state index in [9.17, 15) is 4.39 Å². The van der Waals surface area contributed by atoms with Crippen LogP contribution in [0.3, 0.4) is 0 Å². The number of nitrogens with two attached hydrogens (primary N) is 1. The molecule has 4 heteroatoms. The monoisotopic (exact) mass is 322 g/mol. The Morgan fingerprint density at radius 2 is 1.89 bits per heavy atom. The summed E-state index contributed by atoms with van der Waals surface area (Å²) < 4.78 is 13.9. The molecule has 0 amide bonds. The third-order valence-electron chi connectivity index (χ3n) is 3.02. The predicted molar refractivity (Wildman–Crippen MR) is 79.0 cm³/mol. The van der Waals surface area contributed by atoms with Crippen LogP contribution >= 0.6 is 15.9 Å². The third kappa shape index (κ3) is 3.86. The van der Waals surface area contributed by atoms with Crippen molar-refractivity contribution in [2.75, 3.05) is 0 Å². The lowest BCUT2D eigenvalue weighted by molar-refractivity contribution is 0.550. The Kier molecular flexibility index (Phi) is 4.69. The van der Waals surface area contributed by atoms with Crippen LogP contribution in [-0.2, 0) is 6.42 Å². The van der Waals surface area contributed by atoms with Crippen molar-refractivity contribution in [3.63, 3.8) is 0 Å². The van der Waals surface area contributed by atoms with E-state index in [1.807, 2.05) is 13.0 Å². The summed E-state index contributed by atoms with van der Waals surface area (Å²) in [5.74, 6) is 5.42. The maximum atomic E-state index is 12.9. The summed E-state index contributed by atoms with van der Waals surface area (Å²) in [4.78, 5) is 0. The normalized spacial score (nSPS) is 12.4. The molecular weight excluding hydrogens is 307 g/mol. The van der Waals surface area contributed by atoms with E-state index in [0.29, 0.717) is 6.42 Å². The zero-order valence-electron chi connectivity index (χ0n) is 10.7. The highest BCUT2D eigenvalue weighted by Crippen LogP contribution is 2.23. The number of halogens is 2. The molecule has 3 N–H and O–H groups in total. The second kappa shape index (κ2) is 6.28. The van der Waals surface area contributed by atoms with Gasteiger partial charge in [-0.15, -0.1) is 0 Å². The molecule has 0 bridgehead atoms. The van der Waals surface area contributed by atoms with Crippen LogP contribution in [0.5, 0.6) is 0 Å². The molecule has 0 fully saturated rings. The van der Waals surface area contributed by atoms with Gasteiger partial charge in [0.05, 0.1) is 6.04 Å². The maximum Gasteiger partial charge on any atom is 0.123 e. The Balaban J connectivity index is 2.22. The van der Waals surface area contributed by atoms with Gasteiger partial charge in [-0.25, -0.2) is 4.39 Å². The van der Waals surface area contributed by atoms with Gasteiger partial charge in [0, 0.05) is 4.47 Å². The standard InChI is InChI=1S/C15H16BrFN2/c1-10-6-12(9-13(16)7-10)15(19-18)8-11-2-4-14(17)5-3-11/h2-7,9,15,19H,8,18H2,1H3. The summed E-state index contributed by atoms with van der Waals surface area (Å²) >= 11 is 3.49. The number of rotatable bonds is 4. The Morgan fingerprint density at radius 1 is 1.21 bits per heavy atom. The van der Waals surface area contributed by atoms with Crippen LogP contribution < -0.4 is 11.3 Å². The summed E-state index contributed by atoms with van der Waals surface area (Å²) in [6.45, 7) is 2.04. The number of hydrogen-bond donors (Lipinski definition) is 2. The summed E-state index contributed by atoms with van der Waals surface area (Å²) in [5.41, 5.74) is 6.14. The molecule has 2 nitrogen and oxygen atoms in total. The van der Waals surface area contributed by atoms with Gasteiger partial charge in [-0.1, -0.05) is 34.1 Å². The Bertz CT molecular complexity index is 534. The fourth-order valence-corrected chi connectivity index (χ4v) is 2.72. The molecule has 0 spiro atoms. The Morgan fingerprint density at radius 3 is 2.47 bits per heavy atom. The number of hydrazine groups is 1. The van der Waals surface area contributed by atoms with E-state index in [1.54, 1.807) is 12.1 Å². The highest BCUT2D eigenvalue weighted by Gasteiger charge is 2.11. The molecule has 1 atom stereocenters. The summed E-state index contributed by atoms with van der Waals surface area (Å²) in [6.07, 6.45) is 0.715. The van der Waals surface area contributed by atoms with Crippen molar-refractivity contribution >= 4 is 15.9 Å². The van der Waals surface area contributed by atoms with E-state index in [4.69, 9.17) is 5.84 Å². The molecule has 1 unspecified atom stereocenters. The molecule has 0 aliphatic rings. The first-order valence-corrected chi connectivity index (χ1v) is 6.85. The second-order valence-electron chi connectivity index (χ2n) is 4.61. The van der Waals surface area contributed by atoms with Gasteiger partial charge in [0.25, 0.3) is 0 Å². The van der Waals surface area contributed by atoms with Crippen molar-refractivity contribution in [3.8, 4) is 0 Å². The van der Waals surface area contributed by atoms with E-state index in [0.717, 1.165) is 15.6 Å². The molecule has 2 aromatic rings. The lowest BCUT2D eigenvalue weighted by atomic mass is 9.98. The molecule has 100 valence electrons. The van der Waals surface area contributed by atoms with Gasteiger partial charge in [-0.05, 0) is 54.3 Å². The largest absolute Gasteiger partial charge is 0.271 e. The molecule has 19 heavy (non-hydrogen) atoms. The first-order valence-electron chi connectivity index (χ1n) is 6.06. The molecule has 0 heterocycles. The Labute approximate surface area is 120 Å². The fraction of sp³-hybridized carbons (Fsp3) is 0.200. The average Bonchev–Trinajstić information content (AvgIpc) is 2.37. The minimum absolute atomic E-state index is 0.00154. The molecule has 0 aliphatic carbocycles. The molecule has 0 radical (unpaired) electrons. The fourth-order valence-electron chi connectivity index (χ4n) is 2.09. The van der Waals surface area contributed by atoms with E-state index in [2.05, 4.69) is 33.5 Å².